The maximum absolute atomic E-state index is 11.6. The van der Waals surface area contributed by atoms with Crippen molar-refractivity contribution in [3.8, 4) is 0 Å². The molecule has 0 saturated carbocycles. The predicted molar refractivity (Wildman–Crippen MR) is 53.0 cm³/mol. The van der Waals surface area contributed by atoms with E-state index >= 15 is 0 Å². The van der Waals surface area contributed by atoms with Crippen molar-refractivity contribution < 1.29 is 9.53 Å². The Labute approximate surface area is 87.7 Å². The Morgan fingerprint density at radius 1 is 1.67 bits per heavy atom. The summed E-state index contributed by atoms with van der Waals surface area (Å²) in [5.41, 5.74) is 0.726. The minimum Gasteiger partial charge on any atom is -0.463 e. The molecule has 0 aliphatic heterocycles. The van der Waals surface area contributed by atoms with E-state index in [9.17, 15) is 4.79 Å². The zero-order chi connectivity index (χ0) is 10.9. The third-order valence-electron chi connectivity index (χ3n) is 2.71. The molecular weight excluding hydrogens is 192 g/mol. The van der Waals surface area contributed by atoms with Crippen LogP contribution in [0.15, 0.2) is 18.3 Å². The lowest BCUT2D eigenvalue weighted by Crippen LogP contribution is -2.37. The molecule has 0 N–H and O–H groups in total. The van der Waals surface area contributed by atoms with Crippen LogP contribution in [0.5, 0.6) is 0 Å². The average molecular weight is 202 g/mol. The molecule has 0 radical (unpaired) electrons. The fraction of sp³-hybridized carbons (Fsp3) is 0.364. The molecule has 1 aromatic rings. The summed E-state index contributed by atoms with van der Waals surface area (Å²) < 4.78 is 4.68. The summed E-state index contributed by atoms with van der Waals surface area (Å²) in [5.74, 6) is -0.462. The standard InChI is InChI=1S/C11H10N2O2/c1-12-11(10(14)15-2)6-8-4-3-5-13-9(8)7-11/h3-5H,6-7H2,2H3. The molecule has 0 aromatic carbocycles. The first kappa shape index (κ1) is 9.66. The fourth-order valence-electron chi connectivity index (χ4n) is 1.91. The molecule has 0 saturated heterocycles. The Hall–Kier alpha value is -1.89. The molecule has 1 aliphatic carbocycles. The summed E-state index contributed by atoms with van der Waals surface area (Å²) in [6.07, 6.45) is 2.45. The monoisotopic (exact) mass is 202 g/mol. The molecule has 4 heteroatoms. The first-order chi connectivity index (χ1) is 7.22. The number of ether oxygens (including phenoxy) is 1. The molecule has 2 rings (SSSR count). The summed E-state index contributed by atoms with van der Waals surface area (Å²) in [6, 6.07) is 3.72. The Bertz CT molecular complexity index is 423. The molecule has 0 spiro atoms. The Morgan fingerprint density at radius 3 is 3.07 bits per heavy atom. The van der Waals surface area contributed by atoms with Crippen LogP contribution in [0.25, 0.3) is 4.85 Å². The first-order valence-corrected chi connectivity index (χ1v) is 4.62. The number of pyridine rings is 1. The van der Waals surface area contributed by atoms with Crippen LogP contribution < -0.4 is 0 Å². The van der Waals surface area contributed by atoms with E-state index in [2.05, 4.69) is 14.6 Å². The van der Waals surface area contributed by atoms with Crippen LogP contribution >= 0.6 is 0 Å². The summed E-state index contributed by atoms with van der Waals surface area (Å²) in [7, 11) is 1.31. The molecule has 1 aromatic heterocycles. The summed E-state index contributed by atoms with van der Waals surface area (Å²) >= 11 is 0. The smallest absolute Gasteiger partial charge is 0.393 e. The van der Waals surface area contributed by atoms with Crippen molar-refractivity contribution >= 4 is 5.97 Å². The summed E-state index contributed by atoms with van der Waals surface area (Å²) in [4.78, 5) is 19.2. The quantitative estimate of drug-likeness (QED) is 0.504. The number of esters is 1. The average Bonchev–Trinajstić information content (AvgIpc) is 2.67. The van der Waals surface area contributed by atoms with Gasteiger partial charge in [-0.3, -0.25) is 9.83 Å². The Morgan fingerprint density at radius 2 is 2.47 bits per heavy atom. The maximum atomic E-state index is 11.6. The molecule has 0 amide bonds. The number of hydrogen-bond donors (Lipinski definition) is 0. The van der Waals surface area contributed by atoms with Crippen molar-refractivity contribution in [3.63, 3.8) is 0 Å². The van der Waals surface area contributed by atoms with E-state index in [0.717, 1.165) is 11.3 Å². The number of methoxy groups -OCH3 is 1. The number of hydrogen-bond acceptors (Lipinski definition) is 3. The van der Waals surface area contributed by atoms with Crippen LogP contribution in [0, 0.1) is 6.57 Å². The molecule has 1 unspecified atom stereocenters. The number of nitrogens with zero attached hydrogens (tertiary/aromatic N) is 2. The van der Waals surface area contributed by atoms with Gasteiger partial charge < -0.3 is 4.74 Å². The van der Waals surface area contributed by atoms with E-state index in [-0.39, 0.29) is 0 Å². The maximum Gasteiger partial charge on any atom is 0.393 e. The van der Waals surface area contributed by atoms with Crippen molar-refractivity contribution in [2.75, 3.05) is 7.11 Å². The SMILES string of the molecule is [C-]#[N+]C1(C(=O)OC)Cc2cccnc2C1. The van der Waals surface area contributed by atoms with Crippen LogP contribution in [-0.4, -0.2) is 23.6 Å². The van der Waals surface area contributed by atoms with E-state index in [1.54, 1.807) is 6.20 Å². The van der Waals surface area contributed by atoms with E-state index in [1.165, 1.54) is 7.11 Å². The fourth-order valence-corrected chi connectivity index (χ4v) is 1.91. The molecule has 1 aliphatic rings. The summed E-state index contributed by atoms with van der Waals surface area (Å²) in [6.45, 7) is 7.15. The van der Waals surface area contributed by atoms with Gasteiger partial charge in [0.25, 0.3) is 0 Å². The molecule has 0 bridgehead atoms. The van der Waals surface area contributed by atoms with E-state index in [0.29, 0.717) is 12.8 Å². The van der Waals surface area contributed by atoms with Crippen molar-refractivity contribution in [2.24, 2.45) is 0 Å². The normalized spacial score (nSPS) is 22.9. The van der Waals surface area contributed by atoms with Crippen molar-refractivity contribution in [1.82, 2.24) is 4.98 Å². The van der Waals surface area contributed by atoms with Crippen molar-refractivity contribution in [2.45, 2.75) is 18.4 Å². The summed E-state index contributed by atoms with van der Waals surface area (Å²) in [5, 5.41) is 0. The molecule has 4 nitrogen and oxygen atoms in total. The number of carbonyl (C=O) groups is 1. The van der Waals surface area contributed by atoms with Gasteiger partial charge in [-0.15, -0.1) is 0 Å². The molecule has 15 heavy (non-hydrogen) atoms. The second-order valence-electron chi connectivity index (χ2n) is 3.60. The zero-order valence-corrected chi connectivity index (χ0v) is 8.36. The van der Waals surface area contributed by atoms with Crippen LogP contribution in [0.1, 0.15) is 11.3 Å². The van der Waals surface area contributed by atoms with E-state index in [1.807, 2.05) is 12.1 Å². The van der Waals surface area contributed by atoms with Gasteiger partial charge in [-0.25, -0.2) is 11.4 Å². The minimum absolute atomic E-state index is 0.360. The van der Waals surface area contributed by atoms with Crippen LogP contribution in [0.3, 0.4) is 0 Å². The van der Waals surface area contributed by atoms with Crippen LogP contribution in [-0.2, 0) is 22.4 Å². The number of rotatable bonds is 1. The van der Waals surface area contributed by atoms with E-state index in [4.69, 9.17) is 6.57 Å². The van der Waals surface area contributed by atoms with Gasteiger partial charge in [0, 0.05) is 6.20 Å². The van der Waals surface area contributed by atoms with Gasteiger partial charge in [0.05, 0.1) is 25.6 Å². The van der Waals surface area contributed by atoms with E-state index < -0.39 is 11.5 Å². The zero-order valence-electron chi connectivity index (χ0n) is 8.36. The number of fused-ring (bicyclic) bond motifs is 1. The van der Waals surface area contributed by atoms with Gasteiger partial charge in [-0.05, 0) is 11.6 Å². The molecule has 0 fully saturated rings. The Kier molecular flexibility index (Phi) is 2.16. The Balaban J connectivity index is 2.38. The highest BCUT2D eigenvalue weighted by atomic mass is 16.5. The highest BCUT2D eigenvalue weighted by Gasteiger charge is 2.52. The van der Waals surface area contributed by atoms with Gasteiger partial charge >= 0.3 is 11.5 Å². The topological polar surface area (TPSA) is 43.5 Å². The second-order valence-corrected chi connectivity index (χ2v) is 3.60. The second kappa shape index (κ2) is 3.35. The van der Waals surface area contributed by atoms with Gasteiger partial charge in [0.2, 0.25) is 0 Å². The molecule has 1 heterocycles. The lowest BCUT2D eigenvalue weighted by atomic mass is 9.97. The van der Waals surface area contributed by atoms with Crippen molar-refractivity contribution in [3.05, 3.63) is 41.0 Å². The van der Waals surface area contributed by atoms with Crippen LogP contribution in [0.4, 0.5) is 0 Å². The van der Waals surface area contributed by atoms with Gasteiger partial charge in [-0.2, -0.15) is 0 Å². The largest absolute Gasteiger partial charge is 0.463 e. The number of carbonyl (C=O) groups excluding carboxylic acids is 1. The molecule has 1 atom stereocenters. The highest BCUT2D eigenvalue weighted by Crippen LogP contribution is 2.32. The molecule has 76 valence electrons. The molecular formula is C11H10N2O2. The highest BCUT2D eigenvalue weighted by molar-refractivity contribution is 5.85. The minimum atomic E-state index is -1.08. The third-order valence-corrected chi connectivity index (χ3v) is 2.71. The number of aromatic nitrogens is 1. The van der Waals surface area contributed by atoms with Crippen LogP contribution in [0.2, 0.25) is 0 Å². The lowest BCUT2D eigenvalue weighted by Gasteiger charge is -2.11. The van der Waals surface area contributed by atoms with Gasteiger partial charge in [-0.1, -0.05) is 6.07 Å². The predicted octanol–water partition coefficient (Wildman–Crippen LogP) is 1.01. The van der Waals surface area contributed by atoms with Crippen molar-refractivity contribution in [1.29, 1.82) is 0 Å². The lowest BCUT2D eigenvalue weighted by molar-refractivity contribution is -0.145. The third kappa shape index (κ3) is 1.37. The van der Waals surface area contributed by atoms with Gasteiger partial charge in [0.1, 0.15) is 0 Å². The first-order valence-electron chi connectivity index (χ1n) is 4.62. The van der Waals surface area contributed by atoms with Gasteiger partial charge in [0.15, 0.2) is 0 Å².